The third kappa shape index (κ3) is 3.21. The minimum absolute atomic E-state index is 0.336. The molecule has 0 rings (SSSR count). The zero-order chi connectivity index (χ0) is 5.91. The summed E-state index contributed by atoms with van der Waals surface area (Å²) in [5.74, 6) is 0. The molecule has 0 saturated heterocycles. The molecule has 46 valence electrons. The van der Waals surface area contributed by atoms with Crippen LogP contribution >= 0.6 is 18.8 Å². The Morgan fingerprint density at radius 1 is 1.14 bits per heavy atom. The Balaban J connectivity index is 3.82. The zero-order valence-electron chi connectivity index (χ0n) is 3.04. The van der Waals surface area contributed by atoms with E-state index in [4.69, 9.17) is 18.8 Å². The molecule has 0 amide bonds. The molecule has 0 aliphatic carbocycles. The molecule has 0 atom stereocenters. The molecule has 5 heteroatoms. The first-order chi connectivity index (χ1) is 3.12. The molecule has 0 heterocycles. The molecule has 0 N–H and O–H groups in total. The summed E-state index contributed by atoms with van der Waals surface area (Å²) in [5, 5.41) is 0. The van der Waals surface area contributed by atoms with E-state index < -0.39 is 14.0 Å². The van der Waals surface area contributed by atoms with Gasteiger partial charge >= 0.3 is 51.8 Å². The molecule has 0 aromatic carbocycles. The maximum atomic E-state index is 9.64. The van der Waals surface area contributed by atoms with E-state index in [1.54, 1.807) is 0 Å². The molecule has 0 aromatic rings. The van der Waals surface area contributed by atoms with Crippen LogP contribution in [0.15, 0.2) is 0 Å². The first-order valence-corrected chi connectivity index (χ1v) is 9.33. The van der Waals surface area contributed by atoms with Crippen molar-refractivity contribution < 1.29 is 23.6 Å². The van der Waals surface area contributed by atoms with Crippen LogP contribution in [0.25, 0.3) is 0 Å². The Labute approximate surface area is 51.8 Å². The molecule has 0 aromatic heterocycles. The van der Waals surface area contributed by atoms with Crippen molar-refractivity contribution in [2.24, 2.45) is 0 Å². The topological polar surface area (TPSA) is 34.1 Å². The average molecular weight is 324 g/mol. The van der Waals surface area contributed by atoms with Crippen molar-refractivity contribution >= 4 is 28.2 Å². The van der Waals surface area contributed by atoms with Gasteiger partial charge in [0, 0.05) is 0 Å². The van der Waals surface area contributed by atoms with Gasteiger partial charge in [-0.05, 0) is 0 Å². The van der Waals surface area contributed by atoms with Gasteiger partial charge in [-0.2, -0.15) is 0 Å². The molecule has 0 aliphatic heterocycles. The van der Waals surface area contributed by atoms with E-state index in [2.05, 4.69) is 0 Å². The van der Waals surface area contributed by atoms with Crippen molar-refractivity contribution in [3.8, 4) is 0 Å². The SMILES string of the molecule is O=[CH][Pt]([Cl])([Cl])[CH]=O. The predicted octanol–water partition coefficient (Wildman–Crippen LogP) is 0.828. The first-order valence-electron chi connectivity index (χ1n) is 1.08. The van der Waals surface area contributed by atoms with E-state index in [0.717, 1.165) is 0 Å². The van der Waals surface area contributed by atoms with Crippen LogP contribution in [0.3, 0.4) is 0 Å². The minimum atomic E-state index is -3.44. The number of carbonyl (C=O) groups is 2. The second-order valence-electron chi connectivity index (χ2n) is 0.576. The van der Waals surface area contributed by atoms with Crippen molar-refractivity contribution in [3.05, 3.63) is 0 Å². The normalized spacial score (nSPS) is 12.9. The third-order valence-corrected chi connectivity index (χ3v) is 3.47. The van der Waals surface area contributed by atoms with Crippen LogP contribution in [0, 0.1) is 0 Å². The third-order valence-electron chi connectivity index (χ3n) is 0.199. The summed E-state index contributed by atoms with van der Waals surface area (Å²) in [6, 6.07) is 0. The fourth-order valence-electron chi connectivity index (χ4n) is 0.0176. The average Bonchev–Trinajstić information content (AvgIpc) is 1.68. The standard InChI is InChI=1S/2CHO.2ClH.Pt/c2*1-2;;;/h2*1H;2*1H;/q;;;;+2/p-2. The number of rotatable bonds is 2. The number of hydrogen-bond acceptors (Lipinski definition) is 2. The summed E-state index contributed by atoms with van der Waals surface area (Å²) in [7, 11) is 10.2. The summed E-state index contributed by atoms with van der Waals surface area (Å²) in [6.45, 7) is 0. The molecular formula is C2H2Cl2O2Pt. The van der Waals surface area contributed by atoms with Crippen LogP contribution in [0.2, 0.25) is 0 Å². The van der Waals surface area contributed by atoms with Gasteiger partial charge in [0.25, 0.3) is 0 Å². The molecule has 0 aliphatic rings. The van der Waals surface area contributed by atoms with Gasteiger partial charge in [-0.1, -0.05) is 0 Å². The summed E-state index contributed by atoms with van der Waals surface area (Å²) >= 11 is -3.44. The molecular weight excluding hydrogens is 322 g/mol. The second kappa shape index (κ2) is 2.80. The van der Waals surface area contributed by atoms with Gasteiger partial charge in [0.05, 0.1) is 0 Å². The summed E-state index contributed by atoms with van der Waals surface area (Å²) < 4.78 is 0.673. The van der Waals surface area contributed by atoms with Gasteiger partial charge in [-0.15, -0.1) is 0 Å². The van der Waals surface area contributed by atoms with Crippen LogP contribution in [-0.4, -0.2) is 9.35 Å². The van der Waals surface area contributed by atoms with Crippen LogP contribution in [-0.2, 0) is 23.6 Å². The van der Waals surface area contributed by atoms with Gasteiger partial charge in [0.15, 0.2) is 0 Å². The Morgan fingerprint density at radius 3 is 1.43 bits per heavy atom. The molecule has 0 radical (unpaired) electrons. The summed E-state index contributed by atoms with van der Waals surface area (Å²) in [4.78, 5) is 19.3. The fraction of sp³-hybridized carbons (Fsp3) is 0. The van der Waals surface area contributed by atoms with E-state index in [1.165, 1.54) is 0 Å². The Hall–Kier alpha value is 0.608. The number of halogens is 2. The Kier molecular flexibility index (Phi) is 3.05. The second-order valence-corrected chi connectivity index (χ2v) is 12.2. The fourth-order valence-corrected chi connectivity index (χ4v) is 0.144. The maximum absolute atomic E-state index is 9.64. The molecule has 0 spiro atoms. The van der Waals surface area contributed by atoms with Gasteiger partial charge in [-0.25, -0.2) is 0 Å². The van der Waals surface area contributed by atoms with Gasteiger partial charge in [-0.3, -0.25) is 0 Å². The van der Waals surface area contributed by atoms with Gasteiger partial charge < -0.3 is 0 Å². The first kappa shape index (κ1) is 7.61. The van der Waals surface area contributed by atoms with Crippen LogP contribution in [0.5, 0.6) is 0 Å². The van der Waals surface area contributed by atoms with Crippen molar-refractivity contribution in [1.29, 1.82) is 0 Å². The predicted molar refractivity (Wildman–Crippen MR) is 25.2 cm³/mol. The Morgan fingerprint density at radius 2 is 1.43 bits per heavy atom. The summed E-state index contributed by atoms with van der Waals surface area (Å²) in [5.41, 5.74) is 0. The van der Waals surface area contributed by atoms with E-state index >= 15 is 0 Å². The van der Waals surface area contributed by atoms with E-state index in [0.29, 0.717) is 9.35 Å². The van der Waals surface area contributed by atoms with Crippen LogP contribution < -0.4 is 0 Å². The van der Waals surface area contributed by atoms with E-state index in [1.807, 2.05) is 0 Å². The van der Waals surface area contributed by atoms with Crippen LogP contribution in [0.1, 0.15) is 0 Å². The van der Waals surface area contributed by atoms with Crippen LogP contribution in [0.4, 0.5) is 0 Å². The van der Waals surface area contributed by atoms with Crippen molar-refractivity contribution in [2.75, 3.05) is 0 Å². The molecule has 0 unspecified atom stereocenters. The zero-order valence-corrected chi connectivity index (χ0v) is 6.83. The van der Waals surface area contributed by atoms with Crippen molar-refractivity contribution in [2.45, 2.75) is 0 Å². The molecule has 2 nitrogen and oxygen atoms in total. The molecule has 0 fully saturated rings. The molecule has 0 bridgehead atoms. The van der Waals surface area contributed by atoms with Crippen molar-refractivity contribution in [3.63, 3.8) is 0 Å². The monoisotopic (exact) mass is 323 g/mol. The van der Waals surface area contributed by atoms with Gasteiger partial charge in [0.2, 0.25) is 0 Å². The Bertz CT molecular complexity index is 81.7. The van der Waals surface area contributed by atoms with E-state index in [9.17, 15) is 9.59 Å². The number of carbonyl (C=O) groups excluding carboxylic acids is 2. The quantitative estimate of drug-likeness (QED) is 0.705. The van der Waals surface area contributed by atoms with E-state index in [-0.39, 0.29) is 0 Å². The summed E-state index contributed by atoms with van der Waals surface area (Å²) in [6.07, 6.45) is 0. The number of hydrogen-bond donors (Lipinski definition) is 0. The van der Waals surface area contributed by atoms with Crippen molar-refractivity contribution in [1.82, 2.24) is 0 Å². The van der Waals surface area contributed by atoms with Gasteiger partial charge in [0.1, 0.15) is 0 Å². The molecule has 7 heavy (non-hydrogen) atoms. The molecule has 0 saturated carbocycles.